The molecule has 1 N–H and O–H groups in total. The third-order valence-corrected chi connectivity index (χ3v) is 7.26. The molecule has 0 saturated heterocycles. The Labute approximate surface area is 188 Å². The van der Waals surface area contributed by atoms with Crippen molar-refractivity contribution in [2.75, 3.05) is 4.90 Å². The molecule has 1 atom stereocenters. The lowest BCUT2D eigenvalue weighted by molar-refractivity contribution is -0.121. The highest BCUT2D eigenvalue weighted by Gasteiger charge is 2.29. The van der Waals surface area contributed by atoms with Crippen molar-refractivity contribution in [3.8, 4) is 0 Å². The number of hydrogen-bond acceptors (Lipinski definition) is 4. The van der Waals surface area contributed by atoms with Gasteiger partial charge in [-0.05, 0) is 49.4 Å². The summed E-state index contributed by atoms with van der Waals surface area (Å²) in [7, 11) is 0. The number of carbonyl (C=O) groups is 1. The Morgan fingerprint density at radius 1 is 1.06 bits per heavy atom. The second-order valence-electron chi connectivity index (χ2n) is 8.09. The molecular formula is C25H23N3O3S. The minimum absolute atomic E-state index is 0.307. The van der Waals surface area contributed by atoms with Gasteiger partial charge in [0.1, 0.15) is 10.9 Å². The largest absolute Gasteiger partial charge is 0.330 e. The standard InChI is InChI=1S/C25H23N3O3S/c1-16(28-24(30)21-19-13-8-14-20(19)32-22(21)26-25(28)31)23(29)27(18-11-6-3-7-12-18)15-17-9-4-2-5-10-17/h2-7,9-12,16H,8,13-15H2,1H3,(H,26,31). The fourth-order valence-electron chi connectivity index (χ4n) is 4.45. The second kappa shape index (κ2) is 8.24. The SMILES string of the molecule is CC(C(=O)N(Cc1ccccc1)c1ccccc1)n1c(=O)[nH]c2sc3c(c2c1=O)CCC3. The number of carbonyl (C=O) groups excluding carboxylic acids is 1. The number of nitrogens with one attached hydrogen (secondary N) is 1. The third kappa shape index (κ3) is 3.48. The van der Waals surface area contributed by atoms with Crippen LogP contribution in [0.1, 0.15) is 35.4 Å². The third-order valence-electron chi connectivity index (χ3n) is 6.06. The molecule has 0 radical (unpaired) electrons. The molecular weight excluding hydrogens is 422 g/mol. The number of fused-ring (bicyclic) bond motifs is 3. The minimum Gasteiger partial charge on any atom is -0.306 e. The van der Waals surface area contributed by atoms with E-state index in [1.165, 1.54) is 16.2 Å². The molecule has 162 valence electrons. The lowest BCUT2D eigenvalue weighted by Gasteiger charge is -2.26. The van der Waals surface area contributed by atoms with Gasteiger partial charge in [0.15, 0.2) is 0 Å². The molecule has 1 unspecified atom stereocenters. The molecule has 2 aromatic heterocycles. The molecule has 5 rings (SSSR count). The molecule has 6 nitrogen and oxygen atoms in total. The van der Waals surface area contributed by atoms with Crippen LogP contribution >= 0.6 is 11.3 Å². The molecule has 0 saturated carbocycles. The van der Waals surface area contributed by atoms with Gasteiger partial charge in [0.2, 0.25) is 5.91 Å². The molecule has 0 bridgehead atoms. The van der Waals surface area contributed by atoms with Gasteiger partial charge in [-0.1, -0.05) is 48.5 Å². The smallest absolute Gasteiger partial charge is 0.306 e. The first kappa shape index (κ1) is 20.5. The van der Waals surface area contributed by atoms with Crippen LogP contribution in [0.15, 0.2) is 70.3 Å². The molecule has 1 amide bonds. The number of hydrogen-bond donors (Lipinski definition) is 1. The number of amides is 1. The maximum atomic E-state index is 13.7. The summed E-state index contributed by atoms with van der Waals surface area (Å²) in [6.45, 7) is 1.97. The van der Waals surface area contributed by atoms with Crippen LogP contribution in [-0.2, 0) is 24.2 Å². The molecule has 2 heterocycles. The summed E-state index contributed by atoms with van der Waals surface area (Å²) in [5.74, 6) is -0.307. The molecule has 32 heavy (non-hydrogen) atoms. The number of H-pyrrole nitrogens is 1. The van der Waals surface area contributed by atoms with Crippen LogP contribution < -0.4 is 16.1 Å². The zero-order chi connectivity index (χ0) is 22.2. The lowest BCUT2D eigenvalue weighted by atomic mass is 10.1. The van der Waals surface area contributed by atoms with Crippen molar-refractivity contribution in [1.82, 2.24) is 9.55 Å². The predicted molar refractivity (Wildman–Crippen MR) is 128 cm³/mol. The normalized spacial score (nSPS) is 13.8. The van der Waals surface area contributed by atoms with Gasteiger partial charge in [0, 0.05) is 10.6 Å². The highest BCUT2D eigenvalue weighted by molar-refractivity contribution is 7.18. The summed E-state index contributed by atoms with van der Waals surface area (Å²) in [4.78, 5) is 46.2. The van der Waals surface area contributed by atoms with Gasteiger partial charge in [-0.2, -0.15) is 0 Å². The van der Waals surface area contributed by atoms with Crippen LogP contribution in [0.4, 0.5) is 5.69 Å². The van der Waals surface area contributed by atoms with Crippen LogP contribution in [0, 0.1) is 0 Å². The van der Waals surface area contributed by atoms with E-state index in [-0.39, 0.29) is 11.5 Å². The van der Waals surface area contributed by atoms with E-state index in [9.17, 15) is 14.4 Å². The van der Waals surface area contributed by atoms with Crippen LogP contribution in [0.5, 0.6) is 0 Å². The van der Waals surface area contributed by atoms with Gasteiger partial charge in [-0.15, -0.1) is 11.3 Å². The van der Waals surface area contributed by atoms with Gasteiger partial charge >= 0.3 is 5.69 Å². The number of para-hydroxylation sites is 1. The summed E-state index contributed by atoms with van der Waals surface area (Å²) in [6.07, 6.45) is 2.79. The molecule has 2 aromatic carbocycles. The first-order valence-electron chi connectivity index (χ1n) is 10.7. The number of nitrogens with zero attached hydrogens (tertiary/aromatic N) is 2. The first-order chi connectivity index (χ1) is 15.5. The van der Waals surface area contributed by atoms with Crippen molar-refractivity contribution in [2.45, 2.75) is 38.8 Å². The number of anilines is 1. The average Bonchev–Trinajstić information content (AvgIpc) is 3.39. The predicted octanol–water partition coefficient (Wildman–Crippen LogP) is 4.03. The highest BCUT2D eigenvalue weighted by Crippen LogP contribution is 2.34. The van der Waals surface area contributed by atoms with Gasteiger partial charge in [0.05, 0.1) is 11.9 Å². The van der Waals surface area contributed by atoms with Gasteiger partial charge in [0.25, 0.3) is 5.56 Å². The van der Waals surface area contributed by atoms with E-state index in [1.54, 1.807) is 11.8 Å². The Morgan fingerprint density at radius 3 is 2.47 bits per heavy atom. The molecule has 0 spiro atoms. The van der Waals surface area contributed by atoms with E-state index in [0.717, 1.165) is 40.6 Å². The van der Waals surface area contributed by atoms with Crippen molar-refractivity contribution in [1.29, 1.82) is 0 Å². The van der Waals surface area contributed by atoms with Crippen LogP contribution in [-0.4, -0.2) is 15.5 Å². The number of aromatic amines is 1. The first-order valence-corrected chi connectivity index (χ1v) is 11.6. The van der Waals surface area contributed by atoms with Crippen LogP contribution in [0.25, 0.3) is 10.2 Å². The second-order valence-corrected chi connectivity index (χ2v) is 9.19. The Morgan fingerprint density at radius 2 is 1.75 bits per heavy atom. The van der Waals surface area contributed by atoms with E-state index < -0.39 is 11.7 Å². The van der Waals surface area contributed by atoms with Gasteiger partial charge < -0.3 is 4.90 Å². The average molecular weight is 446 g/mol. The number of aromatic nitrogens is 2. The Kier molecular flexibility index (Phi) is 5.27. The summed E-state index contributed by atoms with van der Waals surface area (Å²) >= 11 is 1.48. The molecule has 4 aromatic rings. The highest BCUT2D eigenvalue weighted by atomic mass is 32.1. The molecule has 1 aliphatic carbocycles. The molecule has 7 heteroatoms. The summed E-state index contributed by atoms with van der Waals surface area (Å²) in [6, 6.07) is 18.1. The van der Waals surface area contributed by atoms with Crippen molar-refractivity contribution in [3.63, 3.8) is 0 Å². The van der Waals surface area contributed by atoms with E-state index in [1.807, 2.05) is 60.7 Å². The number of aryl methyl sites for hydroxylation is 2. The molecule has 1 aliphatic rings. The maximum Gasteiger partial charge on any atom is 0.330 e. The Balaban J connectivity index is 1.58. The minimum atomic E-state index is -0.948. The quantitative estimate of drug-likeness (QED) is 0.504. The van der Waals surface area contributed by atoms with Crippen molar-refractivity contribution in [2.24, 2.45) is 0 Å². The number of rotatable bonds is 5. The molecule has 0 fully saturated rings. The van der Waals surface area contributed by atoms with Gasteiger partial charge in [-0.3, -0.25) is 14.6 Å². The summed E-state index contributed by atoms with van der Waals surface area (Å²) < 4.78 is 1.08. The zero-order valence-electron chi connectivity index (χ0n) is 17.7. The van der Waals surface area contributed by atoms with Gasteiger partial charge in [-0.25, -0.2) is 9.36 Å². The van der Waals surface area contributed by atoms with E-state index >= 15 is 0 Å². The van der Waals surface area contributed by atoms with Crippen LogP contribution in [0.2, 0.25) is 0 Å². The lowest BCUT2D eigenvalue weighted by Crippen LogP contribution is -2.45. The van der Waals surface area contributed by atoms with Crippen molar-refractivity contribution in [3.05, 3.63) is 97.5 Å². The molecule has 0 aliphatic heterocycles. The summed E-state index contributed by atoms with van der Waals surface area (Å²) in [5, 5.41) is 0.566. The maximum absolute atomic E-state index is 13.7. The Hall–Kier alpha value is -3.45. The summed E-state index contributed by atoms with van der Waals surface area (Å²) in [5.41, 5.74) is 1.79. The van der Waals surface area contributed by atoms with Crippen molar-refractivity contribution < 1.29 is 4.79 Å². The Bertz CT molecular complexity index is 1400. The zero-order valence-corrected chi connectivity index (χ0v) is 18.5. The number of benzene rings is 2. The topological polar surface area (TPSA) is 75.2 Å². The van der Waals surface area contributed by atoms with E-state index in [0.29, 0.717) is 16.8 Å². The number of thiophene rings is 1. The van der Waals surface area contributed by atoms with E-state index in [4.69, 9.17) is 0 Å². The fourth-order valence-corrected chi connectivity index (χ4v) is 5.72. The van der Waals surface area contributed by atoms with E-state index in [2.05, 4.69) is 4.98 Å². The van der Waals surface area contributed by atoms with Crippen LogP contribution in [0.3, 0.4) is 0 Å². The fraction of sp³-hybridized carbons (Fsp3) is 0.240. The monoisotopic (exact) mass is 445 g/mol. The van der Waals surface area contributed by atoms with Crippen molar-refractivity contribution >= 4 is 33.1 Å².